The molecule has 0 bridgehead atoms. The van der Waals surface area contributed by atoms with Gasteiger partial charge in [-0.15, -0.1) is 0 Å². The molecule has 0 amide bonds. The van der Waals surface area contributed by atoms with Crippen LogP contribution in [-0.2, 0) is 4.74 Å². The summed E-state index contributed by atoms with van der Waals surface area (Å²) in [7, 11) is 0. The Bertz CT molecular complexity index is 615. The van der Waals surface area contributed by atoms with E-state index in [2.05, 4.69) is 22.6 Å². The zero-order valence-corrected chi connectivity index (χ0v) is 14.5. The van der Waals surface area contributed by atoms with Crippen molar-refractivity contribution in [3.8, 4) is 11.5 Å². The third-order valence-electron chi connectivity index (χ3n) is 2.85. The normalized spacial score (nSPS) is 10.3. The fourth-order valence-electron chi connectivity index (χ4n) is 1.73. The highest BCUT2D eigenvalue weighted by Gasteiger charge is 2.04. The van der Waals surface area contributed by atoms with Crippen LogP contribution in [0.2, 0.25) is 0 Å². The predicted octanol–water partition coefficient (Wildman–Crippen LogP) is 3.67. The van der Waals surface area contributed by atoms with E-state index in [9.17, 15) is 10.1 Å². The minimum Gasteiger partial charge on any atom is -0.491 e. The maximum absolute atomic E-state index is 10.5. The van der Waals surface area contributed by atoms with Crippen LogP contribution in [0.5, 0.6) is 11.5 Å². The lowest BCUT2D eigenvalue weighted by Gasteiger charge is -2.08. The molecule has 0 aliphatic carbocycles. The van der Waals surface area contributed by atoms with E-state index in [1.807, 2.05) is 24.3 Å². The van der Waals surface area contributed by atoms with Crippen LogP contribution in [0.15, 0.2) is 48.5 Å². The second kappa shape index (κ2) is 9.31. The maximum atomic E-state index is 10.5. The second-order valence-electron chi connectivity index (χ2n) is 4.51. The molecule has 122 valence electrons. The van der Waals surface area contributed by atoms with Crippen molar-refractivity contribution >= 4 is 28.3 Å². The Morgan fingerprint density at radius 2 is 1.30 bits per heavy atom. The van der Waals surface area contributed by atoms with Gasteiger partial charge >= 0.3 is 0 Å². The van der Waals surface area contributed by atoms with Crippen LogP contribution in [0.3, 0.4) is 0 Å². The molecule has 0 saturated carbocycles. The third-order valence-corrected chi connectivity index (χ3v) is 3.57. The van der Waals surface area contributed by atoms with Crippen LogP contribution < -0.4 is 9.47 Å². The van der Waals surface area contributed by atoms with Crippen molar-refractivity contribution in [1.29, 1.82) is 0 Å². The summed E-state index contributed by atoms with van der Waals surface area (Å²) in [4.78, 5) is 10.1. The Labute approximate surface area is 147 Å². The monoisotopic (exact) mass is 429 g/mol. The molecular weight excluding hydrogens is 413 g/mol. The van der Waals surface area contributed by atoms with Crippen molar-refractivity contribution in [2.45, 2.75) is 0 Å². The zero-order valence-electron chi connectivity index (χ0n) is 12.3. The molecule has 0 radical (unpaired) electrons. The van der Waals surface area contributed by atoms with E-state index in [0.29, 0.717) is 32.2 Å². The van der Waals surface area contributed by atoms with Crippen LogP contribution in [0.25, 0.3) is 0 Å². The first kappa shape index (κ1) is 17.5. The average molecular weight is 429 g/mol. The molecule has 2 rings (SSSR count). The fourth-order valence-corrected chi connectivity index (χ4v) is 2.09. The molecule has 0 aromatic heterocycles. The number of nitro groups is 1. The Morgan fingerprint density at radius 1 is 0.826 bits per heavy atom. The summed E-state index contributed by atoms with van der Waals surface area (Å²) in [5, 5.41) is 10.5. The number of hydrogen-bond acceptors (Lipinski definition) is 5. The largest absolute Gasteiger partial charge is 0.491 e. The summed E-state index contributed by atoms with van der Waals surface area (Å²) in [6, 6.07) is 13.7. The lowest BCUT2D eigenvalue weighted by atomic mass is 10.3. The first-order chi connectivity index (χ1) is 11.1. The quantitative estimate of drug-likeness (QED) is 0.263. The van der Waals surface area contributed by atoms with Gasteiger partial charge in [-0.3, -0.25) is 10.1 Å². The van der Waals surface area contributed by atoms with Gasteiger partial charge in [-0.05, 0) is 59.0 Å². The summed E-state index contributed by atoms with van der Waals surface area (Å²) < 4.78 is 17.5. The van der Waals surface area contributed by atoms with Gasteiger partial charge < -0.3 is 14.2 Å². The van der Waals surface area contributed by atoms with Crippen molar-refractivity contribution in [3.63, 3.8) is 0 Å². The number of benzene rings is 2. The lowest BCUT2D eigenvalue weighted by Crippen LogP contribution is -2.12. The van der Waals surface area contributed by atoms with Gasteiger partial charge in [0.2, 0.25) is 0 Å². The third kappa shape index (κ3) is 6.41. The molecule has 0 aliphatic rings. The molecule has 2 aromatic carbocycles. The van der Waals surface area contributed by atoms with Crippen LogP contribution in [0.4, 0.5) is 5.69 Å². The maximum Gasteiger partial charge on any atom is 0.269 e. The zero-order chi connectivity index (χ0) is 16.5. The molecule has 6 nitrogen and oxygen atoms in total. The fraction of sp³-hybridized carbons (Fsp3) is 0.250. The van der Waals surface area contributed by atoms with Gasteiger partial charge in [0.1, 0.15) is 24.7 Å². The smallest absolute Gasteiger partial charge is 0.269 e. The van der Waals surface area contributed by atoms with Gasteiger partial charge in [-0.1, -0.05) is 0 Å². The van der Waals surface area contributed by atoms with Crippen LogP contribution in [0.1, 0.15) is 0 Å². The Morgan fingerprint density at radius 3 is 1.78 bits per heavy atom. The SMILES string of the molecule is O=[N+]([O-])c1ccc(OCCOCCOc2ccc(I)cc2)cc1. The Balaban J connectivity index is 1.55. The first-order valence-electron chi connectivity index (χ1n) is 6.98. The van der Waals surface area contributed by atoms with Crippen LogP contribution >= 0.6 is 22.6 Å². The van der Waals surface area contributed by atoms with E-state index in [1.54, 1.807) is 12.1 Å². The number of halogens is 1. The molecule has 2 aromatic rings. The summed E-state index contributed by atoms with van der Waals surface area (Å²) in [5.74, 6) is 1.39. The molecular formula is C16H16INO5. The predicted molar refractivity (Wildman–Crippen MR) is 94.1 cm³/mol. The molecule has 0 saturated heterocycles. The van der Waals surface area contributed by atoms with E-state index in [0.717, 1.165) is 9.32 Å². The number of nitrogens with zero attached hydrogens (tertiary/aromatic N) is 1. The first-order valence-corrected chi connectivity index (χ1v) is 8.06. The average Bonchev–Trinajstić information content (AvgIpc) is 2.56. The number of ether oxygens (including phenoxy) is 3. The minimum absolute atomic E-state index is 0.0429. The molecule has 0 unspecified atom stereocenters. The minimum atomic E-state index is -0.444. The van der Waals surface area contributed by atoms with Crippen molar-refractivity contribution in [3.05, 3.63) is 62.2 Å². The van der Waals surface area contributed by atoms with E-state index < -0.39 is 4.92 Å². The molecule has 0 heterocycles. The highest BCUT2D eigenvalue weighted by atomic mass is 127. The summed E-state index contributed by atoms with van der Waals surface area (Å²) in [6.45, 7) is 1.74. The number of nitro benzene ring substituents is 1. The van der Waals surface area contributed by atoms with Crippen LogP contribution in [0, 0.1) is 13.7 Å². The molecule has 0 atom stereocenters. The number of non-ortho nitro benzene ring substituents is 1. The van der Waals surface area contributed by atoms with Crippen molar-refractivity contribution in [2.75, 3.05) is 26.4 Å². The Hall–Kier alpha value is -1.87. The lowest BCUT2D eigenvalue weighted by molar-refractivity contribution is -0.384. The standard InChI is InChI=1S/C16H16INO5/c17-13-1-5-15(6-2-13)22-11-9-21-10-12-23-16-7-3-14(4-8-16)18(19)20/h1-8H,9-12H2. The molecule has 0 N–H and O–H groups in total. The molecule has 0 fully saturated rings. The second-order valence-corrected chi connectivity index (χ2v) is 5.76. The number of hydrogen-bond donors (Lipinski definition) is 0. The topological polar surface area (TPSA) is 70.8 Å². The van der Waals surface area contributed by atoms with Crippen molar-refractivity contribution < 1.29 is 19.1 Å². The highest BCUT2D eigenvalue weighted by Crippen LogP contribution is 2.17. The van der Waals surface area contributed by atoms with Gasteiger partial charge in [-0.2, -0.15) is 0 Å². The highest BCUT2D eigenvalue weighted by molar-refractivity contribution is 14.1. The van der Waals surface area contributed by atoms with Crippen molar-refractivity contribution in [1.82, 2.24) is 0 Å². The van der Waals surface area contributed by atoms with Gasteiger partial charge in [0.05, 0.1) is 18.1 Å². The van der Waals surface area contributed by atoms with Gasteiger partial charge in [0.25, 0.3) is 5.69 Å². The number of rotatable bonds is 9. The molecule has 7 heteroatoms. The molecule has 0 aliphatic heterocycles. The van der Waals surface area contributed by atoms with Crippen molar-refractivity contribution in [2.24, 2.45) is 0 Å². The molecule has 23 heavy (non-hydrogen) atoms. The summed E-state index contributed by atoms with van der Waals surface area (Å²) in [5.41, 5.74) is 0.0429. The summed E-state index contributed by atoms with van der Waals surface area (Å²) in [6.07, 6.45) is 0. The van der Waals surface area contributed by atoms with Gasteiger partial charge in [0.15, 0.2) is 0 Å². The Kier molecular flexibility index (Phi) is 7.08. The molecule has 0 spiro atoms. The van der Waals surface area contributed by atoms with E-state index in [1.165, 1.54) is 12.1 Å². The summed E-state index contributed by atoms with van der Waals surface area (Å²) >= 11 is 2.24. The van der Waals surface area contributed by atoms with E-state index in [4.69, 9.17) is 14.2 Å². The van der Waals surface area contributed by atoms with Crippen LogP contribution in [-0.4, -0.2) is 31.4 Å². The van der Waals surface area contributed by atoms with E-state index in [-0.39, 0.29) is 5.69 Å². The van der Waals surface area contributed by atoms with E-state index >= 15 is 0 Å². The van der Waals surface area contributed by atoms with Gasteiger partial charge in [0, 0.05) is 15.7 Å². The van der Waals surface area contributed by atoms with Gasteiger partial charge in [-0.25, -0.2) is 0 Å².